The normalized spacial score (nSPS) is 12.6. The topological polar surface area (TPSA) is 39.8 Å². The van der Waals surface area contributed by atoms with Gasteiger partial charge in [0, 0.05) is 25.4 Å². The van der Waals surface area contributed by atoms with E-state index < -0.39 is 0 Å². The largest absolute Gasteiger partial charge is 0.339 e. The number of carbonyl (C=O) groups is 1. The third kappa shape index (κ3) is 2.53. The van der Waals surface area contributed by atoms with E-state index in [1.165, 1.54) is 0 Å². The van der Waals surface area contributed by atoms with Gasteiger partial charge in [0.25, 0.3) is 0 Å². The molecule has 0 amide bonds. The molecular formula is C14H19N3O. The van der Waals surface area contributed by atoms with E-state index in [4.69, 9.17) is 0 Å². The maximum Gasteiger partial charge on any atom is 0.176 e. The van der Waals surface area contributed by atoms with Gasteiger partial charge < -0.3 is 4.57 Å². The molecule has 0 aliphatic carbocycles. The summed E-state index contributed by atoms with van der Waals surface area (Å²) in [6.45, 7) is 6.52. The molecule has 2 rings (SSSR count). The Kier molecular flexibility index (Phi) is 3.65. The fourth-order valence-corrected chi connectivity index (χ4v) is 1.94. The predicted molar refractivity (Wildman–Crippen MR) is 70.8 cm³/mol. The fraction of sp³-hybridized carbons (Fsp3) is 0.429. The van der Waals surface area contributed by atoms with Gasteiger partial charge in [-0.05, 0) is 31.5 Å². The highest BCUT2D eigenvalue weighted by atomic mass is 16.1. The van der Waals surface area contributed by atoms with Crippen molar-refractivity contribution < 1.29 is 4.79 Å². The zero-order valence-electron chi connectivity index (χ0n) is 11.1. The zero-order valence-corrected chi connectivity index (χ0v) is 11.1. The smallest absolute Gasteiger partial charge is 0.176 e. The molecule has 0 aliphatic heterocycles. The number of rotatable bonds is 5. The summed E-state index contributed by atoms with van der Waals surface area (Å²) in [5.41, 5.74) is 1.71. The molecule has 0 saturated heterocycles. The molecule has 2 heterocycles. The Balaban J connectivity index is 2.16. The van der Waals surface area contributed by atoms with Gasteiger partial charge in [-0.1, -0.05) is 6.92 Å². The molecule has 0 radical (unpaired) electrons. The zero-order chi connectivity index (χ0) is 13.1. The van der Waals surface area contributed by atoms with Crippen LogP contribution in [0.25, 0.3) is 0 Å². The monoisotopic (exact) mass is 245 g/mol. The summed E-state index contributed by atoms with van der Waals surface area (Å²) in [5.74, 6) is 0.0846. The Morgan fingerprint density at radius 2 is 2.17 bits per heavy atom. The first-order chi connectivity index (χ1) is 8.61. The Morgan fingerprint density at radius 3 is 2.83 bits per heavy atom. The van der Waals surface area contributed by atoms with Crippen molar-refractivity contribution in [3.63, 3.8) is 0 Å². The minimum absolute atomic E-state index is 0.0846. The van der Waals surface area contributed by atoms with Gasteiger partial charge in [0.1, 0.15) is 0 Å². The van der Waals surface area contributed by atoms with Crippen LogP contribution in [0, 0.1) is 0 Å². The van der Waals surface area contributed by atoms with E-state index >= 15 is 0 Å². The lowest BCUT2D eigenvalue weighted by molar-refractivity contribution is 0.100. The van der Waals surface area contributed by atoms with Gasteiger partial charge in [-0.2, -0.15) is 5.10 Å². The van der Waals surface area contributed by atoms with Gasteiger partial charge in [0.05, 0.1) is 17.9 Å². The molecule has 2 aromatic heterocycles. The summed E-state index contributed by atoms with van der Waals surface area (Å²) in [6.07, 6.45) is 4.97. The molecule has 0 aliphatic rings. The molecule has 0 aromatic carbocycles. The first kappa shape index (κ1) is 12.6. The molecule has 0 saturated carbocycles. The highest BCUT2D eigenvalue weighted by Gasteiger charge is 2.09. The lowest BCUT2D eigenvalue weighted by atomic mass is 10.3. The molecule has 4 heteroatoms. The van der Waals surface area contributed by atoms with E-state index in [0.29, 0.717) is 12.6 Å². The van der Waals surface area contributed by atoms with Gasteiger partial charge in [-0.15, -0.1) is 0 Å². The molecule has 1 unspecified atom stereocenters. The van der Waals surface area contributed by atoms with Crippen molar-refractivity contribution in [3.8, 4) is 0 Å². The van der Waals surface area contributed by atoms with E-state index in [1.54, 1.807) is 6.92 Å². The van der Waals surface area contributed by atoms with Crippen molar-refractivity contribution in [2.75, 3.05) is 0 Å². The van der Waals surface area contributed by atoms with Crippen LogP contribution in [0.2, 0.25) is 0 Å². The summed E-state index contributed by atoms with van der Waals surface area (Å²) in [4.78, 5) is 11.4. The molecule has 96 valence electrons. The SMILES string of the molecule is CCC(C)n1ccc(Cn2cccc2C(C)=O)n1. The molecular weight excluding hydrogens is 226 g/mol. The standard InChI is InChI=1S/C14H19N3O/c1-4-11(2)17-9-7-13(15-17)10-16-8-5-6-14(16)12(3)18/h5-9,11H,4,10H2,1-3H3. The fourth-order valence-electron chi connectivity index (χ4n) is 1.94. The number of nitrogens with zero attached hydrogens (tertiary/aromatic N) is 3. The van der Waals surface area contributed by atoms with Gasteiger partial charge in [0.2, 0.25) is 0 Å². The lowest BCUT2D eigenvalue weighted by Crippen LogP contribution is -2.09. The van der Waals surface area contributed by atoms with Gasteiger partial charge in [-0.25, -0.2) is 0 Å². The average Bonchev–Trinajstić information content (AvgIpc) is 2.97. The molecule has 0 N–H and O–H groups in total. The molecule has 18 heavy (non-hydrogen) atoms. The second kappa shape index (κ2) is 5.21. The summed E-state index contributed by atoms with van der Waals surface area (Å²) in [7, 11) is 0. The van der Waals surface area contributed by atoms with Crippen molar-refractivity contribution in [2.45, 2.75) is 39.8 Å². The van der Waals surface area contributed by atoms with Crippen molar-refractivity contribution in [1.82, 2.24) is 14.3 Å². The summed E-state index contributed by atoms with van der Waals surface area (Å²) >= 11 is 0. The number of hydrogen-bond acceptors (Lipinski definition) is 2. The van der Waals surface area contributed by atoms with Crippen LogP contribution in [0.15, 0.2) is 30.6 Å². The van der Waals surface area contributed by atoms with Crippen LogP contribution >= 0.6 is 0 Å². The first-order valence-corrected chi connectivity index (χ1v) is 6.32. The van der Waals surface area contributed by atoms with Crippen molar-refractivity contribution in [1.29, 1.82) is 0 Å². The van der Waals surface area contributed by atoms with Gasteiger partial charge >= 0.3 is 0 Å². The van der Waals surface area contributed by atoms with Gasteiger partial charge in [0.15, 0.2) is 5.78 Å². The van der Waals surface area contributed by atoms with E-state index in [2.05, 4.69) is 18.9 Å². The van der Waals surface area contributed by atoms with Crippen LogP contribution in [0.3, 0.4) is 0 Å². The summed E-state index contributed by atoms with van der Waals surface area (Å²) in [6, 6.07) is 6.16. The Morgan fingerprint density at radius 1 is 1.39 bits per heavy atom. The van der Waals surface area contributed by atoms with Crippen LogP contribution in [0.5, 0.6) is 0 Å². The second-order valence-electron chi connectivity index (χ2n) is 4.62. The number of Topliss-reactive ketones (excluding diaryl/α,β-unsaturated/α-hetero) is 1. The lowest BCUT2D eigenvalue weighted by Gasteiger charge is -2.08. The highest BCUT2D eigenvalue weighted by molar-refractivity contribution is 5.92. The first-order valence-electron chi connectivity index (χ1n) is 6.32. The minimum atomic E-state index is 0.0846. The van der Waals surface area contributed by atoms with E-state index in [1.807, 2.05) is 39.8 Å². The summed E-state index contributed by atoms with van der Waals surface area (Å²) < 4.78 is 3.91. The summed E-state index contributed by atoms with van der Waals surface area (Å²) in [5, 5.41) is 4.54. The third-order valence-corrected chi connectivity index (χ3v) is 3.23. The quantitative estimate of drug-likeness (QED) is 0.760. The molecule has 0 fully saturated rings. The van der Waals surface area contributed by atoms with Crippen LogP contribution in [0.4, 0.5) is 0 Å². The highest BCUT2D eigenvalue weighted by Crippen LogP contribution is 2.11. The molecule has 0 bridgehead atoms. The molecule has 0 spiro atoms. The van der Waals surface area contributed by atoms with E-state index in [9.17, 15) is 4.79 Å². The Hall–Kier alpha value is -1.84. The molecule has 4 nitrogen and oxygen atoms in total. The predicted octanol–water partition coefficient (Wildman–Crippen LogP) is 2.91. The van der Waals surface area contributed by atoms with E-state index in [0.717, 1.165) is 17.8 Å². The molecule has 2 aromatic rings. The minimum Gasteiger partial charge on any atom is -0.339 e. The maximum absolute atomic E-state index is 11.4. The number of ketones is 1. The van der Waals surface area contributed by atoms with Crippen molar-refractivity contribution >= 4 is 5.78 Å². The Bertz CT molecular complexity index is 539. The molecule has 1 atom stereocenters. The number of carbonyl (C=O) groups excluding carboxylic acids is 1. The third-order valence-electron chi connectivity index (χ3n) is 3.23. The number of hydrogen-bond donors (Lipinski definition) is 0. The number of aromatic nitrogens is 3. The van der Waals surface area contributed by atoms with Crippen LogP contribution in [-0.4, -0.2) is 20.1 Å². The second-order valence-corrected chi connectivity index (χ2v) is 4.62. The van der Waals surface area contributed by atoms with Crippen LogP contribution in [-0.2, 0) is 6.54 Å². The van der Waals surface area contributed by atoms with Crippen molar-refractivity contribution in [3.05, 3.63) is 42.0 Å². The van der Waals surface area contributed by atoms with Crippen molar-refractivity contribution in [2.24, 2.45) is 0 Å². The van der Waals surface area contributed by atoms with E-state index in [-0.39, 0.29) is 5.78 Å². The van der Waals surface area contributed by atoms with Crippen LogP contribution < -0.4 is 0 Å². The Labute approximate surface area is 107 Å². The average molecular weight is 245 g/mol. The van der Waals surface area contributed by atoms with Gasteiger partial charge in [-0.3, -0.25) is 9.48 Å². The van der Waals surface area contributed by atoms with Crippen LogP contribution in [0.1, 0.15) is 49.4 Å². The maximum atomic E-state index is 11.4.